The first-order valence-electron chi connectivity index (χ1n) is 7.71. The molecule has 1 fully saturated rings. The lowest BCUT2D eigenvalue weighted by molar-refractivity contribution is -0.124. The maximum Gasteiger partial charge on any atom is 0.228 e. The van der Waals surface area contributed by atoms with Crippen molar-refractivity contribution >= 4 is 23.1 Å². The van der Waals surface area contributed by atoms with Crippen molar-refractivity contribution in [1.29, 1.82) is 0 Å². The molecule has 0 aliphatic carbocycles. The van der Waals surface area contributed by atoms with E-state index in [9.17, 15) is 4.79 Å². The van der Waals surface area contributed by atoms with Crippen LogP contribution < -0.4 is 5.32 Å². The Bertz CT molecular complexity index is 609. The van der Waals surface area contributed by atoms with Gasteiger partial charge in [-0.2, -0.15) is 16.4 Å². The second-order valence-electron chi connectivity index (χ2n) is 5.62. The van der Waals surface area contributed by atoms with Crippen molar-refractivity contribution in [2.45, 2.75) is 38.8 Å². The maximum absolute atomic E-state index is 12.5. The number of nitrogens with zero attached hydrogens (tertiary/aromatic N) is 2. The predicted molar refractivity (Wildman–Crippen MR) is 87.0 cm³/mol. The van der Waals surface area contributed by atoms with E-state index in [1.807, 2.05) is 16.1 Å². The molecule has 0 saturated carbocycles. The summed E-state index contributed by atoms with van der Waals surface area (Å²) in [5, 5.41) is 11.5. The molecule has 0 unspecified atom stereocenters. The number of carbonyl (C=O) groups is 1. The molecule has 0 radical (unpaired) electrons. The van der Waals surface area contributed by atoms with Crippen molar-refractivity contribution in [2.24, 2.45) is 5.92 Å². The first-order chi connectivity index (χ1) is 10.8. The first-order valence-corrected chi connectivity index (χ1v) is 8.66. The minimum atomic E-state index is 0.0307. The third-order valence-corrected chi connectivity index (χ3v) is 4.81. The summed E-state index contributed by atoms with van der Waals surface area (Å²) in [4.78, 5) is 12.5. The van der Waals surface area contributed by atoms with E-state index in [1.54, 1.807) is 17.5 Å². The SMILES string of the molecule is CC[C@H]1C[C@@H](C(=O)Nc2ccnn2Cc2ccsc2)CCO1. The fourth-order valence-corrected chi connectivity index (χ4v) is 3.41. The van der Waals surface area contributed by atoms with Crippen molar-refractivity contribution < 1.29 is 9.53 Å². The van der Waals surface area contributed by atoms with Crippen molar-refractivity contribution in [1.82, 2.24) is 9.78 Å². The number of rotatable bonds is 5. The Labute approximate surface area is 134 Å². The summed E-state index contributed by atoms with van der Waals surface area (Å²) < 4.78 is 7.47. The molecule has 118 valence electrons. The molecule has 5 nitrogen and oxygen atoms in total. The van der Waals surface area contributed by atoms with E-state index in [0.717, 1.165) is 25.1 Å². The molecule has 2 aromatic rings. The second kappa shape index (κ2) is 7.07. The Kier molecular flexibility index (Phi) is 4.90. The van der Waals surface area contributed by atoms with Gasteiger partial charge in [0.05, 0.1) is 18.8 Å². The van der Waals surface area contributed by atoms with Crippen LogP contribution in [0.1, 0.15) is 31.7 Å². The van der Waals surface area contributed by atoms with E-state index in [-0.39, 0.29) is 17.9 Å². The number of hydrogen-bond acceptors (Lipinski definition) is 4. The number of ether oxygens (including phenoxy) is 1. The molecule has 6 heteroatoms. The molecule has 1 aliphatic rings. The van der Waals surface area contributed by atoms with Crippen LogP contribution in [0.3, 0.4) is 0 Å². The molecule has 22 heavy (non-hydrogen) atoms. The Morgan fingerprint density at radius 3 is 3.23 bits per heavy atom. The number of nitrogens with one attached hydrogen (secondary N) is 1. The number of anilines is 1. The molecule has 2 aromatic heterocycles. The van der Waals surface area contributed by atoms with E-state index in [2.05, 4.69) is 28.8 Å². The summed E-state index contributed by atoms with van der Waals surface area (Å²) in [5.41, 5.74) is 1.20. The topological polar surface area (TPSA) is 56.2 Å². The Balaban J connectivity index is 1.63. The van der Waals surface area contributed by atoms with Crippen LogP contribution in [-0.4, -0.2) is 28.4 Å². The highest BCUT2D eigenvalue weighted by Gasteiger charge is 2.27. The fourth-order valence-electron chi connectivity index (χ4n) is 2.75. The maximum atomic E-state index is 12.5. The van der Waals surface area contributed by atoms with Gasteiger partial charge in [-0.05, 0) is 41.7 Å². The molecule has 1 aliphatic heterocycles. The standard InChI is InChI=1S/C16H21N3O2S/c1-2-14-9-13(4-7-21-14)16(20)18-15-3-6-17-19(15)10-12-5-8-22-11-12/h3,5-6,8,11,13-14H,2,4,7,9-10H2,1H3,(H,18,20)/t13-,14-/m0/s1. The van der Waals surface area contributed by atoms with Crippen LogP contribution in [0.2, 0.25) is 0 Å². The summed E-state index contributed by atoms with van der Waals surface area (Å²) in [6.07, 6.45) is 4.49. The molecule has 0 spiro atoms. The molecule has 0 aromatic carbocycles. The molecule has 2 atom stereocenters. The zero-order chi connectivity index (χ0) is 15.4. The van der Waals surface area contributed by atoms with Gasteiger partial charge < -0.3 is 10.1 Å². The third-order valence-electron chi connectivity index (χ3n) is 4.07. The van der Waals surface area contributed by atoms with Crippen LogP contribution in [0.15, 0.2) is 29.1 Å². The van der Waals surface area contributed by atoms with Gasteiger partial charge in [-0.3, -0.25) is 4.79 Å². The quantitative estimate of drug-likeness (QED) is 0.921. The van der Waals surface area contributed by atoms with Crippen molar-refractivity contribution in [2.75, 3.05) is 11.9 Å². The molecule has 3 rings (SSSR count). The predicted octanol–water partition coefficient (Wildman–Crippen LogP) is 3.14. The first kappa shape index (κ1) is 15.2. The van der Waals surface area contributed by atoms with Gasteiger partial charge in [0.15, 0.2) is 0 Å². The fraction of sp³-hybridized carbons (Fsp3) is 0.500. The highest BCUT2D eigenvalue weighted by atomic mass is 32.1. The highest BCUT2D eigenvalue weighted by molar-refractivity contribution is 7.07. The molecule has 1 saturated heterocycles. The minimum Gasteiger partial charge on any atom is -0.378 e. The van der Waals surface area contributed by atoms with E-state index < -0.39 is 0 Å². The van der Waals surface area contributed by atoms with Gasteiger partial charge in [0.2, 0.25) is 5.91 Å². The summed E-state index contributed by atoms with van der Waals surface area (Å²) in [7, 11) is 0. The van der Waals surface area contributed by atoms with Crippen molar-refractivity contribution in [3.63, 3.8) is 0 Å². The van der Waals surface area contributed by atoms with Crippen LogP contribution in [0.4, 0.5) is 5.82 Å². The van der Waals surface area contributed by atoms with Gasteiger partial charge in [-0.15, -0.1) is 0 Å². The van der Waals surface area contributed by atoms with Crippen LogP contribution in [-0.2, 0) is 16.1 Å². The third kappa shape index (κ3) is 3.56. The molecular formula is C16H21N3O2S. The zero-order valence-electron chi connectivity index (χ0n) is 12.7. The largest absolute Gasteiger partial charge is 0.378 e. The smallest absolute Gasteiger partial charge is 0.228 e. The summed E-state index contributed by atoms with van der Waals surface area (Å²) in [6, 6.07) is 3.92. The van der Waals surface area contributed by atoms with Gasteiger partial charge in [0.25, 0.3) is 0 Å². The normalized spacial score (nSPS) is 21.7. The number of hydrogen-bond donors (Lipinski definition) is 1. The lowest BCUT2D eigenvalue weighted by Crippen LogP contribution is -2.33. The average Bonchev–Trinajstić information content (AvgIpc) is 3.20. The van der Waals surface area contributed by atoms with E-state index in [1.165, 1.54) is 5.56 Å². The van der Waals surface area contributed by atoms with E-state index >= 15 is 0 Å². The summed E-state index contributed by atoms with van der Waals surface area (Å²) in [5.74, 6) is 0.868. The van der Waals surface area contributed by atoms with Crippen LogP contribution in [0.25, 0.3) is 0 Å². The van der Waals surface area contributed by atoms with Gasteiger partial charge in [0.1, 0.15) is 5.82 Å². The van der Waals surface area contributed by atoms with Gasteiger partial charge in [0, 0.05) is 18.6 Å². The van der Waals surface area contributed by atoms with Gasteiger partial charge in [-0.1, -0.05) is 6.92 Å². The van der Waals surface area contributed by atoms with Crippen LogP contribution in [0, 0.1) is 5.92 Å². The van der Waals surface area contributed by atoms with Gasteiger partial charge in [-0.25, -0.2) is 4.68 Å². The van der Waals surface area contributed by atoms with Crippen molar-refractivity contribution in [3.8, 4) is 0 Å². The lowest BCUT2D eigenvalue weighted by atomic mass is 9.93. The number of aromatic nitrogens is 2. The van der Waals surface area contributed by atoms with Crippen molar-refractivity contribution in [3.05, 3.63) is 34.7 Å². The second-order valence-corrected chi connectivity index (χ2v) is 6.40. The number of carbonyl (C=O) groups excluding carboxylic acids is 1. The molecule has 1 amide bonds. The summed E-state index contributed by atoms with van der Waals surface area (Å²) in [6.45, 7) is 3.45. The molecule has 0 bridgehead atoms. The van der Waals surface area contributed by atoms with Crippen LogP contribution in [0.5, 0.6) is 0 Å². The Morgan fingerprint density at radius 2 is 2.45 bits per heavy atom. The summed E-state index contributed by atoms with van der Waals surface area (Å²) >= 11 is 1.66. The van der Waals surface area contributed by atoms with Crippen LogP contribution >= 0.6 is 11.3 Å². The van der Waals surface area contributed by atoms with E-state index in [4.69, 9.17) is 4.74 Å². The monoisotopic (exact) mass is 319 g/mol. The minimum absolute atomic E-state index is 0.0307. The number of amides is 1. The zero-order valence-corrected chi connectivity index (χ0v) is 13.5. The average molecular weight is 319 g/mol. The Hall–Kier alpha value is -1.66. The van der Waals surface area contributed by atoms with E-state index in [0.29, 0.717) is 13.2 Å². The molecule has 3 heterocycles. The lowest BCUT2D eigenvalue weighted by Gasteiger charge is -2.28. The number of thiophene rings is 1. The molecular weight excluding hydrogens is 298 g/mol. The highest BCUT2D eigenvalue weighted by Crippen LogP contribution is 2.23. The molecule has 1 N–H and O–H groups in total. The van der Waals surface area contributed by atoms with Gasteiger partial charge >= 0.3 is 0 Å². The Morgan fingerprint density at radius 1 is 1.55 bits per heavy atom.